The van der Waals surface area contributed by atoms with E-state index >= 15 is 0 Å². The Balaban J connectivity index is 1.99. The molecule has 123 valence electrons. The van der Waals surface area contributed by atoms with E-state index in [1.807, 2.05) is 24.3 Å². The standard InChI is InChI=1S/C22H19O2Si/c1-17(18-13-15-19(16-14-18)22(23)24-2)25(20-9-5-3-6-10-20)21-11-7-4-8-12-21/h3-16H,1H2,2H3. The Bertz CT molecular complexity index is 816. The first-order valence-electron chi connectivity index (χ1n) is 8.06. The Morgan fingerprint density at radius 2 is 1.20 bits per heavy atom. The highest BCUT2D eigenvalue weighted by Gasteiger charge is 2.21. The molecular weight excluding hydrogens is 324 g/mol. The van der Waals surface area contributed by atoms with E-state index in [9.17, 15) is 4.79 Å². The molecule has 0 amide bonds. The van der Waals surface area contributed by atoms with E-state index < -0.39 is 8.80 Å². The second-order valence-electron chi connectivity index (χ2n) is 5.65. The van der Waals surface area contributed by atoms with Gasteiger partial charge in [-0.2, -0.15) is 0 Å². The molecule has 0 aliphatic carbocycles. The van der Waals surface area contributed by atoms with Crippen molar-refractivity contribution in [2.75, 3.05) is 7.11 Å². The molecule has 0 spiro atoms. The van der Waals surface area contributed by atoms with Crippen molar-refractivity contribution in [3.63, 3.8) is 0 Å². The molecule has 0 aliphatic heterocycles. The average molecular weight is 343 g/mol. The van der Waals surface area contributed by atoms with Crippen LogP contribution in [0.25, 0.3) is 5.20 Å². The first-order valence-corrected chi connectivity index (χ1v) is 9.56. The number of hydrogen-bond acceptors (Lipinski definition) is 2. The van der Waals surface area contributed by atoms with Crippen molar-refractivity contribution in [2.24, 2.45) is 0 Å². The molecule has 0 unspecified atom stereocenters. The highest BCUT2D eigenvalue weighted by atomic mass is 28.3. The largest absolute Gasteiger partial charge is 0.465 e. The fourth-order valence-electron chi connectivity index (χ4n) is 2.79. The monoisotopic (exact) mass is 343 g/mol. The normalized spacial score (nSPS) is 10.5. The molecule has 3 aromatic rings. The molecular formula is C22H19O2Si. The Morgan fingerprint density at radius 3 is 1.64 bits per heavy atom. The highest BCUT2D eigenvalue weighted by molar-refractivity contribution is 6.99. The van der Waals surface area contributed by atoms with Crippen LogP contribution in [-0.2, 0) is 4.74 Å². The van der Waals surface area contributed by atoms with Crippen LogP contribution in [0, 0.1) is 0 Å². The van der Waals surface area contributed by atoms with Crippen molar-refractivity contribution in [2.45, 2.75) is 0 Å². The fraction of sp³-hybridized carbons (Fsp3) is 0.0455. The van der Waals surface area contributed by atoms with Crippen molar-refractivity contribution < 1.29 is 9.53 Å². The number of esters is 1. The minimum absolute atomic E-state index is 0.325. The fourth-order valence-corrected chi connectivity index (χ4v) is 5.33. The molecule has 25 heavy (non-hydrogen) atoms. The maximum atomic E-state index is 11.6. The van der Waals surface area contributed by atoms with Crippen LogP contribution >= 0.6 is 0 Å². The van der Waals surface area contributed by atoms with Crippen LogP contribution in [0.1, 0.15) is 15.9 Å². The van der Waals surface area contributed by atoms with E-state index in [0.717, 1.165) is 10.8 Å². The molecule has 0 atom stereocenters. The first-order chi connectivity index (χ1) is 12.2. The predicted octanol–water partition coefficient (Wildman–Crippen LogP) is 3.33. The van der Waals surface area contributed by atoms with Gasteiger partial charge in [-0.1, -0.05) is 94.9 Å². The lowest BCUT2D eigenvalue weighted by atomic mass is 10.1. The summed E-state index contributed by atoms with van der Waals surface area (Å²) in [4.78, 5) is 11.6. The summed E-state index contributed by atoms with van der Waals surface area (Å²) in [6.07, 6.45) is 0. The van der Waals surface area contributed by atoms with Crippen LogP contribution in [0.15, 0.2) is 91.5 Å². The summed E-state index contributed by atoms with van der Waals surface area (Å²) in [6.45, 7) is 4.40. The number of rotatable bonds is 5. The molecule has 2 nitrogen and oxygen atoms in total. The van der Waals surface area contributed by atoms with Gasteiger partial charge in [0.1, 0.15) is 0 Å². The third kappa shape index (κ3) is 3.78. The topological polar surface area (TPSA) is 26.3 Å². The molecule has 0 saturated carbocycles. The molecule has 0 aliphatic rings. The second-order valence-corrected chi connectivity index (χ2v) is 8.16. The molecule has 3 aromatic carbocycles. The van der Waals surface area contributed by atoms with Crippen molar-refractivity contribution in [3.05, 3.63) is 103 Å². The lowest BCUT2D eigenvalue weighted by molar-refractivity contribution is 0.0600. The van der Waals surface area contributed by atoms with Gasteiger partial charge in [0.05, 0.1) is 12.7 Å². The summed E-state index contributed by atoms with van der Waals surface area (Å²) in [5.74, 6) is -0.325. The number of carbonyl (C=O) groups is 1. The first kappa shape index (κ1) is 16.9. The molecule has 0 heterocycles. The van der Waals surface area contributed by atoms with Gasteiger partial charge in [0, 0.05) is 0 Å². The van der Waals surface area contributed by atoms with Gasteiger partial charge in [-0.25, -0.2) is 4.79 Å². The Morgan fingerprint density at radius 1 is 0.760 bits per heavy atom. The molecule has 0 N–H and O–H groups in total. The SMILES string of the molecule is C=C(c1ccc(C(=O)OC)cc1)[Si](c1ccccc1)c1ccccc1. The van der Waals surface area contributed by atoms with E-state index in [-0.39, 0.29) is 5.97 Å². The maximum absolute atomic E-state index is 11.6. The average Bonchev–Trinajstić information content (AvgIpc) is 2.69. The Kier molecular flexibility index (Phi) is 5.26. The summed E-state index contributed by atoms with van der Waals surface area (Å²) in [6, 6.07) is 28.5. The number of methoxy groups -OCH3 is 1. The number of benzene rings is 3. The zero-order valence-electron chi connectivity index (χ0n) is 14.1. The van der Waals surface area contributed by atoms with Crippen LogP contribution in [0.2, 0.25) is 0 Å². The van der Waals surface area contributed by atoms with Crippen LogP contribution in [-0.4, -0.2) is 21.9 Å². The van der Waals surface area contributed by atoms with Crippen LogP contribution in [0.4, 0.5) is 0 Å². The molecule has 0 bridgehead atoms. The summed E-state index contributed by atoms with van der Waals surface area (Å²) >= 11 is 0. The molecule has 3 heteroatoms. The van der Waals surface area contributed by atoms with Crippen LogP contribution < -0.4 is 10.4 Å². The van der Waals surface area contributed by atoms with Crippen molar-refractivity contribution in [1.82, 2.24) is 0 Å². The van der Waals surface area contributed by atoms with Gasteiger partial charge in [0.25, 0.3) is 0 Å². The van der Waals surface area contributed by atoms with E-state index in [1.54, 1.807) is 12.1 Å². The summed E-state index contributed by atoms with van der Waals surface area (Å²) in [5.41, 5.74) is 1.60. The summed E-state index contributed by atoms with van der Waals surface area (Å²) in [5, 5.41) is 3.68. The number of carbonyl (C=O) groups excluding carboxylic acids is 1. The second kappa shape index (κ2) is 7.77. The lowest BCUT2D eigenvalue weighted by Crippen LogP contribution is -2.43. The number of hydrogen-bond donors (Lipinski definition) is 0. The van der Waals surface area contributed by atoms with Crippen LogP contribution in [0.3, 0.4) is 0 Å². The van der Waals surface area contributed by atoms with Gasteiger partial charge < -0.3 is 4.74 Å². The van der Waals surface area contributed by atoms with Crippen molar-refractivity contribution in [1.29, 1.82) is 0 Å². The van der Waals surface area contributed by atoms with E-state index in [2.05, 4.69) is 55.1 Å². The zero-order valence-corrected chi connectivity index (χ0v) is 15.1. The smallest absolute Gasteiger partial charge is 0.337 e. The molecule has 0 saturated heterocycles. The molecule has 1 radical (unpaired) electrons. The van der Waals surface area contributed by atoms with Crippen molar-refractivity contribution in [3.8, 4) is 0 Å². The van der Waals surface area contributed by atoms with Gasteiger partial charge in [-0.3, -0.25) is 0 Å². The summed E-state index contributed by atoms with van der Waals surface area (Å²) in [7, 11) is 0.211. The highest BCUT2D eigenvalue weighted by Crippen LogP contribution is 2.17. The van der Waals surface area contributed by atoms with E-state index in [0.29, 0.717) is 5.56 Å². The third-order valence-corrected chi connectivity index (χ3v) is 6.79. The molecule has 0 aromatic heterocycles. The van der Waals surface area contributed by atoms with Crippen molar-refractivity contribution >= 4 is 30.3 Å². The molecule has 0 fully saturated rings. The van der Waals surface area contributed by atoms with Gasteiger partial charge >= 0.3 is 5.97 Å². The predicted molar refractivity (Wildman–Crippen MR) is 105 cm³/mol. The van der Waals surface area contributed by atoms with E-state index in [1.165, 1.54) is 17.5 Å². The van der Waals surface area contributed by atoms with E-state index in [4.69, 9.17) is 4.74 Å². The minimum Gasteiger partial charge on any atom is -0.465 e. The van der Waals surface area contributed by atoms with Gasteiger partial charge in [0.2, 0.25) is 0 Å². The van der Waals surface area contributed by atoms with Crippen LogP contribution in [0.5, 0.6) is 0 Å². The van der Waals surface area contributed by atoms with Gasteiger partial charge in [-0.15, -0.1) is 0 Å². The number of ether oxygens (including phenoxy) is 1. The maximum Gasteiger partial charge on any atom is 0.337 e. The lowest BCUT2D eigenvalue weighted by Gasteiger charge is -2.19. The Labute approximate surface area is 150 Å². The van der Waals surface area contributed by atoms with Gasteiger partial charge in [-0.05, 0) is 17.7 Å². The van der Waals surface area contributed by atoms with Gasteiger partial charge in [0.15, 0.2) is 8.80 Å². The summed E-state index contributed by atoms with van der Waals surface area (Å²) < 4.78 is 4.77. The zero-order chi connectivity index (χ0) is 17.6. The molecule has 3 rings (SSSR count). The quantitative estimate of drug-likeness (QED) is 0.525. The Hall–Kier alpha value is -2.91. The minimum atomic E-state index is -1.18. The third-order valence-electron chi connectivity index (χ3n) is 4.08.